The van der Waals surface area contributed by atoms with E-state index in [1.165, 1.54) is 18.4 Å². The zero-order valence-electron chi connectivity index (χ0n) is 8.98. The molecule has 0 amide bonds. The van der Waals surface area contributed by atoms with Crippen molar-refractivity contribution < 1.29 is 14.9 Å². The molecule has 0 radical (unpaired) electrons. The predicted molar refractivity (Wildman–Crippen MR) is 69.4 cm³/mol. The average molecular weight is 316 g/mol. The third-order valence-corrected chi connectivity index (χ3v) is 3.84. The number of hydrogen-bond acceptors (Lipinski definition) is 5. The maximum atomic E-state index is 9.69. The van der Waals surface area contributed by atoms with Crippen molar-refractivity contribution >= 4 is 27.3 Å². The number of hydrogen-bond donors (Lipinski definition) is 2. The van der Waals surface area contributed by atoms with Gasteiger partial charge in [0.2, 0.25) is 0 Å². The third-order valence-electron chi connectivity index (χ3n) is 2.20. The Bertz CT molecular complexity index is 542. The number of ether oxygens (including phenoxy) is 1. The van der Waals surface area contributed by atoms with Crippen molar-refractivity contribution in [3.05, 3.63) is 27.7 Å². The van der Waals surface area contributed by atoms with E-state index < -0.39 is 0 Å². The smallest absolute Gasteiger partial charge is 0.172 e. The molecule has 0 saturated carbocycles. The lowest BCUT2D eigenvalue weighted by molar-refractivity contribution is 0.285. The summed E-state index contributed by atoms with van der Waals surface area (Å²) in [5.74, 6) is 0.449. The molecule has 0 aliphatic carbocycles. The van der Waals surface area contributed by atoms with Crippen LogP contribution in [0, 0.1) is 0 Å². The molecular weight excluding hydrogens is 306 g/mol. The molecule has 17 heavy (non-hydrogen) atoms. The van der Waals surface area contributed by atoms with Gasteiger partial charge in [-0.2, -0.15) is 0 Å². The van der Waals surface area contributed by atoms with Gasteiger partial charge in [-0.3, -0.25) is 0 Å². The van der Waals surface area contributed by atoms with Crippen LogP contribution in [0.25, 0.3) is 10.6 Å². The summed E-state index contributed by atoms with van der Waals surface area (Å²) in [6, 6.07) is 3.47. The molecule has 1 heterocycles. The van der Waals surface area contributed by atoms with E-state index >= 15 is 0 Å². The highest BCUT2D eigenvalue weighted by atomic mass is 79.9. The highest BCUT2D eigenvalue weighted by Crippen LogP contribution is 2.39. The topological polar surface area (TPSA) is 62.6 Å². The molecule has 2 N–H and O–H groups in total. The van der Waals surface area contributed by atoms with E-state index in [1.807, 2.05) is 0 Å². The van der Waals surface area contributed by atoms with Crippen molar-refractivity contribution in [1.82, 2.24) is 4.98 Å². The van der Waals surface area contributed by atoms with E-state index in [1.54, 1.807) is 18.3 Å². The van der Waals surface area contributed by atoms with Crippen molar-refractivity contribution in [2.75, 3.05) is 7.11 Å². The fourth-order valence-electron chi connectivity index (χ4n) is 1.37. The number of aromatic hydroxyl groups is 1. The number of aliphatic hydroxyl groups is 1. The zero-order valence-corrected chi connectivity index (χ0v) is 11.4. The first kappa shape index (κ1) is 12.3. The third kappa shape index (κ3) is 2.43. The number of methoxy groups -OCH3 is 1. The Morgan fingerprint density at radius 2 is 2.24 bits per heavy atom. The lowest BCUT2D eigenvalue weighted by Crippen LogP contribution is -1.86. The summed E-state index contributed by atoms with van der Waals surface area (Å²) < 4.78 is 5.62. The van der Waals surface area contributed by atoms with Gasteiger partial charge in [0.15, 0.2) is 11.5 Å². The Balaban J connectivity index is 2.48. The summed E-state index contributed by atoms with van der Waals surface area (Å²) in [5.41, 5.74) is 0.830. The summed E-state index contributed by atoms with van der Waals surface area (Å²) in [7, 11) is 1.49. The molecule has 0 saturated heterocycles. The lowest BCUT2D eigenvalue weighted by atomic mass is 10.2. The molecule has 2 aromatic rings. The molecule has 6 heteroatoms. The first-order valence-corrected chi connectivity index (χ1v) is 6.39. The highest BCUT2D eigenvalue weighted by Gasteiger charge is 2.12. The number of thiazole rings is 1. The van der Waals surface area contributed by atoms with Gasteiger partial charge in [-0.05, 0) is 28.1 Å². The second kappa shape index (κ2) is 5.03. The number of benzene rings is 1. The molecule has 90 valence electrons. The zero-order chi connectivity index (χ0) is 12.4. The summed E-state index contributed by atoms with van der Waals surface area (Å²) in [6.45, 7) is -0.0198. The van der Waals surface area contributed by atoms with Crippen LogP contribution in [0.5, 0.6) is 11.5 Å². The van der Waals surface area contributed by atoms with Gasteiger partial charge >= 0.3 is 0 Å². The van der Waals surface area contributed by atoms with Crippen LogP contribution in [0.1, 0.15) is 4.88 Å². The van der Waals surface area contributed by atoms with Gasteiger partial charge < -0.3 is 14.9 Å². The number of aromatic nitrogens is 1. The molecule has 0 atom stereocenters. The standard InChI is InChI=1S/C11H10BrNO3S/c1-16-9-3-6(2-8(12)10(9)15)11-13-4-7(5-14)17-11/h2-4,14-15H,5H2,1H3. The number of phenols is 1. The highest BCUT2D eigenvalue weighted by molar-refractivity contribution is 9.10. The SMILES string of the molecule is COc1cc(-c2ncc(CO)s2)cc(Br)c1O. The molecule has 0 bridgehead atoms. The number of halogens is 1. The van der Waals surface area contributed by atoms with Crippen LogP contribution in [-0.4, -0.2) is 22.3 Å². The van der Waals surface area contributed by atoms with Crippen LogP contribution >= 0.6 is 27.3 Å². The fraction of sp³-hybridized carbons (Fsp3) is 0.182. The Kier molecular flexibility index (Phi) is 3.66. The van der Waals surface area contributed by atoms with Gasteiger partial charge in [0.25, 0.3) is 0 Å². The largest absolute Gasteiger partial charge is 0.503 e. The van der Waals surface area contributed by atoms with Crippen molar-refractivity contribution in [3.8, 4) is 22.1 Å². The van der Waals surface area contributed by atoms with Crippen LogP contribution in [0.15, 0.2) is 22.8 Å². The van der Waals surface area contributed by atoms with Crippen molar-refractivity contribution in [3.63, 3.8) is 0 Å². The summed E-state index contributed by atoms with van der Waals surface area (Å²) >= 11 is 4.66. The number of aliphatic hydroxyl groups excluding tert-OH is 1. The van der Waals surface area contributed by atoms with Crippen LogP contribution in [0.4, 0.5) is 0 Å². The number of phenolic OH excluding ortho intramolecular Hbond substituents is 1. The van der Waals surface area contributed by atoms with E-state index in [9.17, 15) is 5.11 Å². The maximum absolute atomic E-state index is 9.69. The summed E-state index contributed by atoms with van der Waals surface area (Å²) in [5, 5.41) is 19.5. The van der Waals surface area contributed by atoms with Gasteiger partial charge in [0, 0.05) is 11.8 Å². The lowest BCUT2D eigenvalue weighted by Gasteiger charge is -2.07. The minimum atomic E-state index is -0.0198. The van der Waals surface area contributed by atoms with Crippen LogP contribution in [0.3, 0.4) is 0 Å². The second-order valence-electron chi connectivity index (χ2n) is 3.30. The Morgan fingerprint density at radius 1 is 1.47 bits per heavy atom. The Labute approximate surface area is 111 Å². The van der Waals surface area contributed by atoms with E-state index in [4.69, 9.17) is 9.84 Å². The molecular formula is C11H10BrNO3S. The summed E-state index contributed by atoms with van der Waals surface area (Å²) in [6.07, 6.45) is 1.63. The Hall–Kier alpha value is -1.11. The molecule has 0 spiro atoms. The van der Waals surface area contributed by atoms with Gasteiger partial charge in [0.1, 0.15) is 5.01 Å². The van der Waals surface area contributed by atoms with Gasteiger partial charge in [-0.25, -0.2) is 4.98 Å². The summed E-state index contributed by atoms with van der Waals surface area (Å²) in [4.78, 5) is 5.00. The van der Waals surface area contributed by atoms with E-state index in [0.29, 0.717) is 10.2 Å². The van der Waals surface area contributed by atoms with Crippen molar-refractivity contribution in [2.24, 2.45) is 0 Å². The number of nitrogens with zero attached hydrogens (tertiary/aromatic N) is 1. The first-order valence-electron chi connectivity index (χ1n) is 4.78. The van der Waals surface area contributed by atoms with Crippen molar-refractivity contribution in [1.29, 1.82) is 0 Å². The Morgan fingerprint density at radius 3 is 2.82 bits per heavy atom. The van der Waals surface area contributed by atoms with Gasteiger partial charge in [-0.1, -0.05) is 0 Å². The molecule has 2 rings (SSSR count). The molecule has 1 aromatic heterocycles. The minimum Gasteiger partial charge on any atom is -0.503 e. The van der Waals surface area contributed by atoms with E-state index in [2.05, 4.69) is 20.9 Å². The number of rotatable bonds is 3. The van der Waals surface area contributed by atoms with Gasteiger partial charge in [0.05, 0.1) is 23.1 Å². The second-order valence-corrected chi connectivity index (χ2v) is 5.27. The van der Waals surface area contributed by atoms with E-state index in [0.717, 1.165) is 15.4 Å². The molecule has 0 fully saturated rings. The fourth-order valence-corrected chi connectivity index (χ4v) is 2.57. The van der Waals surface area contributed by atoms with Crippen LogP contribution in [0.2, 0.25) is 0 Å². The van der Waals surface area contributed by atoms with E-state index in [-0.39, 0.29) is 12.4 Å². The normalized spacial score (nSPS) is 10.5. The van der Waals surface area contributed by atoms with Crippen LogP contribution < -0.4 is 4.74 Å². The maximum Gasteiger partial charge on any atom is 0.172 e. The van der Waals surface area contributed by atoms with Crippen molar-refractivity contribution in [2.45, 2.75) is 6.61 Å². The predicted octanol–water partition coefficient (Wildman–Crippen LogP) is 2.78. The average Bonchev–Trinajstić information content (AvgIpc) is 2.81. The quantitative estimate of drug-likeness (QED) is 0.914. The molecule has 0 unspecified atom stereocenters. The monoisotopic (exact) mass is 315 g/mol. The first-order chi connectivity index (χ1) is 8.15. The molecule has 4 nitrogen and oxygen atoms in total. The molecule has 0 aliphatic rings. The van der Waals surface area contributed by atoms with Crippen LogP contribution in [-0.2, 0) is 6.61 Å². The minimum absolute atomic E-state index is 0.0198. The van der Waals surface area contributed by atoms with Gasteiger partial charge in [-0.15, -0.1) is 11.3 Å². The molecule has 0 aliphatic heterocycles. The molecule has 1 aromatic carbocycles.